The number of anilines is 1. The zero-order valence-electron chi connectivity index (χ0n) is 15.9. The van der Waals surface area contributed by atoms with Crippen LogP contribution in [0.15, 0.2) is 54.6 Å². The topological polar surface area (TPSA) is 58.6 Å². The highest BCUT2D eigenvalue weighted by Gasteiger charge is 2.28. The van der Waals surface area contributed by atoms with Crippen molar-refractivity contribution in [3.05, 3.63) is 65.7 Å². The molecule has 1 saturated carbocycles. The van der Waals surface area contributed by atoms with Gasteiger partial charge in [0.1, 0.15) is 0 Å². The molecule has 0 spiro atoms. The number of rotatable bonds is 8. The van der Waals surface area contributed by atoms with Gasteiger partial charge in [0.15, 0.2) is 0 Å². The number of hydrogen-bond acceptors (Lipinski definition) is 4. The summed E-state index contributed by atoms with van der Waals surface area (Å²) in [4.78, 5) is 26.8. The van der Waals surface area contributed by atoms with Crippen molar-refractivity contribution in [3.8, 4) is 0 Å². The Morgan fingerprint density at radius 1 is 1.11 bits per heavy atom. The van der Waals surface area contributed by atoms with Gasteiger partial charge in [0.2, 0.25) is 5.91 Å². The Balaban J connectivity index is 1.71. The first-order chi connectivity index (χ1) is 13.1. The summed E-state index contributed by atoms with van der Waals surface area (Å²) in [7, 11) is 1.33. The van der Waals surface area contributed by atoms with Crippen LogP contribution in [0.25, 0.3) is 0 Å². The van der Waals surface area contributed by atoms with E-state index in [4.69, 9.17) is 4.74 Å². The molecule has 1 N–H and O–H groups in total. The summed E-state index contributed by atoms with van der Waals surface area (Å²) in [6, 6.07) is 17.3. The van der Waals surface area contributed by atoms with Crippen molar-refractivity contribution in [1.29, 1.82) is 0 Å². The number of benzene rings is 2. The number of carbonyl (C=O) groups excluding carboxylic acids is 2. The molecule has 1 fully saturated rings. The number of para-hydroxylation sites is 1. The van der Waals surface area contributed by atoms with Crippen LogP contribution >= 0.6 is 0 Å². The van der Waals surface area contributed by atoms with E-state index in [1.165, 1.54) is 25.5 Å². The third kappa shape index (κ3) is 5.17. The fraction of sp³-hybridized carbons (Fsp3) is 0.364. The molecule has 1 unspecified atom stereocenters. The summed E-state index contributed by atoms with van der Waals surface area (Å²) in [5.41, 5.74) is 2.03. The molecule has 3 rings (SSSR count). The van der Waals surface area contributed by atoms with Gasteiger partial charge in [0.05, 0.1) is 24.9 Å². The van der Waals surface area contributed by atoms with Crippen LogP contribution in [0.3, 0.4) is 0 Å². The van der Waals surface area contributed by atoms with Gasteiger partial charge in [-0.25, -0.2) is 4.79 Å². The summed E-state index contributed by atoms with van der Waals surface area (Å²) in [5.74, 6) is 0.0829. The number of nitrogens with zero attached hydrogens (tertiary/aromatic N) is 1. The highest BCUT2D eigenvalue weighted by molar-refractivity contribution is 6.01. The van der Waals surface area contributed by atoms with Crippen LogP contribution in [0.1, 0.15) is 41.7 Å². The van der Waals surface area contributed by atoms with E-state index in [0.717, 1.165) is 6.54 Å². The van der Waals surface area contributed by atoms with E-state index in [2.05, 4.69) is 29.3 Å². The highest BCUT2D eigenvalue weighted by atomic mass is 16.5. The molecule has 0 heterocycles. The molecule has 0 aliphatic heterocycles. The maximum Gasteiger partial charge on any atom is 0.339 e. The van der Waals surface area contributed by atoms with Crippen molar-refractivity contribution >= 4 is 17.6 Å². The molecular weight excluding hydrogens is 340 g/mol. The number of carbonyl (C=O) groups is 2. The van der Waals surface area contributed by atoms with Crippen LogP contribution in [0.5, 0.6) is 0 Å². The Labute approximate surface area is 160 Å². The van der Waals surface area contributed by atoms with Crippen LogP contribution in [0.4, 0.5) is 5.69 Å². The lowest BCUT2D eigenvalue weighted by molar-refractivity contribution is -0.117. The lowest BCUT2D eigenvalue weighted by atomic mass is 10.1. The fourth-order valence-corrected chi connectivity index (χ4v) is 3.19. The molecule has 1 atom stereocenters. The predicted molar refractivity (Wildman–Crippen MR) is 106 cm³/mol. The molecule has 27 heavy (non-hydrogen) atoms. The van der Waals surface area contributed by atoms with E-state index in [9.17, 15) is 9.59 Å². The van der Waals surface area contributed by atoms with E-state index < -0.39 is 5.97 Å². The summed E-state index contributed by atoms with van der Waals surface area (Å²) >= 11 is 0. The molecule has 2 aromatic rings. The maximum atomic E-state index is 12.7. The van der Waals surface area contributed by atoms with Crippen LogP contribution in [-0.2, 0) is 9.53 Å². The molecule has 0 bridgehead atoms. The van der Waals surface area contributed by atoms with Crippen molar-refractivity contribution in [2.24, 2.45) is 5.92 Å². The maximum absolute atomic E-state index is 12.7. The third-order valence-electron chi connectivity index (χ3n) is 4.97. The highest BCUT2D eigenvalue weighted by Crippen LogP contribution is 2.32. The summed E-state index contributed by atoms with van der Waals surface area (Å²) in [6.45, 7) is 3.32. The molecule has 0 saturated heterocycles. The number of ether oxygens (including phenoxy) is 1. The monoisotopic (exact) mass is 366 g/mol. The molecule has 2 aromatic carbocycles. The number of nitrogens with one attached hydrogen (secondary N) is 1. The fourth-order valence-electron chi connectivity index (χ4n) is 3.19. The largest absolute Gasteiger partial charge is 0.465 e. The quantitative estimate of drug-likeness (QED) is 0.720. The lowest BCUT2D eigenvalue weighted by Gasteiger charge is -2.29. The van der Waals surface area contributed by atoms with E-state index in [1.807, 2.05) is 18.2 Å². The molecule has 0 radical (unpaired) electrons. The normalized spacial score (nSPS) is 14.6. The Morgan fingerprint density at radius 3 is 2.44 bits per heavy atom. The molecule has 5 heteroatoms. The van der Waals surface area contributed by atoms with Gasteiger partial charge in [-0.1, -0.05) is 42.5 Å². The van der Waals surface area contributed by atoms with Gasteiger partial charge >= 0.3 is 5.97 Å². The molecular formula is C22H26N2O3. The number of amides is 1. The Hall–Kier alpha value is -2.66. The van der Waals surface area contributed by atoms with Gasteiger partial charge in [-0.2, -0.15) is 0 Å². The number of esters is 1. The third-order valence-corrected chi connectivity index (χ3v) is 4.97. The molecule has 1 aliphatic rings. The first-order valence-electron chi connectivity index (χ1n) is 9.34. The van der Waals surface area contributed by atoms with Gasteiger partial charge in [0, 0.05) is 12.6 Å². The molecule has 5 nitrogen and oxygen atoms in total. The minimum absolute atomic E-state index is 0.130. The summed E-state index contributed by atoms with van der Waals surface area (Å²) < 4.78 is 4.80. The predicted octanol–water partition coefficient (Wildman–Crippen LogP) is 3.88. The average Bonchev–Trinajstić information content (AvgIpc) is 3.51. The van der Waals surface area contributed by atoms with E-state index in [-0.39, 0.29) is 18.5 Å². The van der Waals surface area contributed by atoms with Gasteiger partial charge in [0.25, 0.3) is 0 Å². The van der Waals surface area contributed by atoms with Crippen LogP contribution in [0, 0.1) is 5.92 Å². The number of methoxy groups -OCH3 is 1. The Bertz CT molecular complexity index is 787. The van der Waals surface area contributed by atoms with E-state index in [0.29, 0.717) is 17.2 Å². The molecule has 1 amide bonds. The number of hydrogen-bond donors (Lipinski definition) is 1. The Kier molecular flexibility index (Phi) is 6.24. The summed E-state index contributed by atoms with van der Waals surface area (Å²) in [6.07, 6.45) is 2.45. The molecule has 0 aromatic heterocycles. The first-order valence-corrected chi connectivity index (χ1v) is 9.34. The lowest BCUT2D eigenvalue weighted by Crippen LogP contribution is -2.37. The van der Waals surface area contributed by atoms with Gasteiger partial charge in [-0.15, -0.1) is 0 Å². The standard InChI is InChI=1S/C22H26N2O3/c1-16(18-8-4-3-5-9-18)24(14-17-12-13-17)15-21(25)23-20-11-7-6-10-19(20)22(26)27-2/h3-11,16-17H,12-15H2,1-2H3,(H,23,25). The van der Waals surface area contributed by atoms with Crippen molar-refractivity contribution in [1.82, 2.24) is 4.90 Å². The molecule has 1 aliphatic carbocycles. The van der Waals surface area contributed by atoms with Crippen molar-refractivity contribution < 1.29 is 14.3 Å². The van der Waals surface area contributed by atoms with Crippen LogP contribution in [-0.4, -0.2) is 37.0 Å². The minimum atomic E-state index is -0.460. The van der Waals surface area contributed by atoms with Gasteiger partial charge in [-0.3, -0.25) is 9.69 Å². The zero-order chi connectivity index (χ0) is 19.2. The second-order valence-corrected chi connectivity index (χ2v) is 7.04. The first kappa shape index (κ1) is 19.1. The van der Waals surface area contributed by atoms with Crippen molar-refractivity contribution in [3.63, 3.8) is 0 Å². The van der Waals surface area contributed by atoms with Gasteiger partial charge in [-0.05, 0) is 43.4 Å². The zero-order valence-corrected chi connectivity index (χ0v) is 15.9. The Morgan fingerprint density at radius 2 is 1.78 bits per heavy atom. The van der Waals surface area contributed by atoms with E-state index in [1.54, 1.807) is 24.3 Å². The smallest absolute Gasteiger partial charge is 0.339 e. The SMILES string of the molecule is COC(=O)c1ccccc1NC(=O)CN(CC1CC1)C(C)c1ccccc1. The van der Waals surface area contributed by atoms with Crippen LogP contribution in [0.2, 0.25) is 0 Å². The second kappa shape index (κ2) is 8.82. The van der Waals surface area contributed by atoms with Crippen molar-refractivity contribution in [2.45, 2.75) is 25.8 Å². The minimum Gasteiger partial charge on any atom is -0.465 e. The van der Waals surface area contributed by atoms with E-state index >= 15 is 0 Å². The van der Waals surface area contributed by atoms with Crippen LogP contribution < -0.4 is 5.32 Å². The van der Waals surface area contributed by atoms with Crippen molar-refractivity contribution in [2.75, 3.05) is 25.5 Å². The second-order valence-electron chi connectivity index (χ2n) is 7.04. The van der Waals surface area contributed by atoms with Gasteiger partial charge < -0.3 is 10.1 Å². The molecule has 142 valence electrons. The summed E-state index contributed by atoms with van der Waals surface area (Å²) in [5, 5.41) is 2.87. The average molecular weight is 366 g/mol.